The van der Waals surface area contributed by atoms with Gasteiger partial charge in [-0.25, -0.2) is 4.79 Å². The highest BCUT2D eigenvalue weighted by molar-refractivity contribution is 7.80. The normalized spacial score (nSPS) is 20.7. The molecular formula is C24H25F3O3S. The van der Waals surface area contributed by atoms with Gasteiger partial charge in [0.05, 0.1) is 16.4 Å². The van der Waals surface area contributed by atoms with E-state index in [1.54, 1.807) is 0 Å². The summed E-state index contributed by atoms with van der Waals surface area (Å²) in [6.45, 7) is 4.14. The molecule has 0 saturated carbocycles. The van der Waals surface area contributed by atoms with Crippen LogP contribution in [0.3, 0.4) is 0 Å². The van der Waals surface area contributed by atoms with Crippen LogP contribution in [0.4, 0.5) is 13.2 Å². The maximum absolute atomic E-state index is 13.0. The first-order valence-electron chi connectivity index (χ1n) is 10.1. The number of hydrogen-bond donors (Lipinski definition) is 2. The van der Waals surface area contributed by atoms with Gasteiger partial charge in [0.15, 0.2) is 0 Å². The van der Waals surface area contributed by atoms with Gasteiger partial charge >= 0.3 is 12.1 Å². The summed E-state index contributed by atoms with van der Waals surface area (Å²) in [5.41, 5.74) is -0.676. The molecule has 1 heterocycles. The molecule has 0 spiro atoms. The van der Waals surface area contributed by atoms with Gasteiger partial charge in [0.2, 0.25) is 0 Å². The van der Waals surface area contributed by atoms with Gasteiger partial charge in [0, 0.05) is 6.42 Å². The summed E-state index contributed by atoms with van der Waals surface area (Å²) in [5.74, 6) is -0.489. The molecule has 0 aromatic heterocycles. The molecule has 166 valence electrons. The lowest BCUT2D eigenvalue weighted by atomic mass is 9.80. The Kier molecular flexibility index (Phi) is 6.74. The molecule has 31 heavy (non-hydrogen) atoms. The maximum atomic E-state index is 13.0. The largest absolute Gasteiger partial charge is 0.512 e. The lowest BCUT2D eigenvalue weighted by Crippen LogP contribution is -2.39. The minimum absolute atomic E-state index is 0.0424. The van der Waals surface area contributed by atoms with Gasteiger partial charge < -0.3 is 9.84 Å². The van der Waals surface area contributed by atoms with Crippen molar-refractivity contribution in [3.8, 4) is 0 Å². The average molecular weight is 451 g/mol. The molecule has 0 fully saturated rings. The number of ether oxygens (including phenoxy) is 1. The van der Waals surface area contributed by atoms with Crippen molar-refractivity contribution in [3.63, 3.8) is 0 Å². The van der Waals surface area contributed by atoms with Crippen molar-refractivity contribution < 1.29 is 27.8 Å². The molecule has 0 aliphatic carbocycles. The average Bonchev–Trinajstić information content (AvgIpc) is 2.72. The molecule has 2 atom stereocenters. The van der Waals surface area contributed by atoms with Crippen LogP contribution in [-0.4, -0.2) is 11.1 Å². The van der Waals surface area contributed by atoms with Crippen molar-refractivity contribution in [2.75, 3.05) is 0 Å². The SMILES string of the molecule is CC(C)CCC1(c2ccccc2)CC(O)=C(C(S)c2ccc(C(F)(F)F)cc2)C(=O)O1. The molecule has 0 bridgehead atoms. The Balaban J connectivity index is 1.94. The van der Waals surface area contributed by atoms with Gasteiger partial charge in [0.25, 0.3) is 0 Å². The van der Waals surface area contributed by atoms with E-state index in [0.717, 1.165) is 24.1 Å². The fraction of sp³-hybridized carbons (Fsp3) is 0.375. The Bertz CT molecular complexity index is 952. The minimum Gasteiger partial charge on any atom is -0.512 e. The van der Waals surface area contributed by atoms with Crippen LogP contribution in [0.1, 0.15) is 55.1 Å². The molecule has 0 radical (unpaired) electrons. The number of cyclic esters (lactones) is 1. The first-order chi connectivity index (χ1) is 14.5. The van der Waals surface area contributed by atoms with Gasteiger partial charge in [-0.2, -0.15) is 25.8 Å². The van der Waals surface area contributed by atoms with Gasteiger partial charge in [-0.15, -0.1) is 0 Å². The van der Waals surface area contributed by atoms with Crippen LogP contribution in [-0.2, 0) is 21.3 Å². The van der Waals surface area contributed by atoms with E-state index in [4.69, 9.17) is 4.74 Å². The number of carbonyl (C=O) groups is 1. The van der Waals surface area contributed by atoms with Crippen molar-refractivity contribution in [2.24, 2.45) is 5.92 Å². The summed E-state index contributed by atoms with van der Waals surface area (Å²) < 4.78 is 44.4. The summed E-state index contributed by atoms with van der Waals surface area (Å²) in [4.78, 5) is 13.0. The third kappa shape index (κ3) is 5.09. The molecule has 0 saturated heterocycles. The number of aliphatic hydroxyl groups is 1. The van der Waals surface area contributed by atoms with Gasteiger partial charge in [0.1, 0.15) is 11.4 Å². The van der Waals surface area contributed by atoms with Crippen molar-refractivity contribution >= 4 is 18.6 Å². The number of aliphatic hydroxyl groups excluding tert-OH is 1. The van der Waals surface area contributed by atoms with E-state index >= 15 is 0 Å². The van der Waals surface area contributed by atoms with Crippen LogP contribution in [0.25, 0.3) is 0 Å². The van der Waals surface area contributed by atoms with Crippen LogP contribution < -0.4 is 0 Å². The van der Waals surface area contributed by atoms with E-state index in [1.807, 2.05) is 30.3 Å². The molecular weight excluding hydrogens is 425 g/mol. The number of benzene rings is 2. The quantitative estimate of drug-likeness (QED) is 0.377. The zero-order valence-electron chi connectivity index (χ0n) is 17.3. The molecule has 1 N–H and O–H groups in total. The predicted molar refractivity (Wildman–Crippen MR) is 116 cm³/mol. The summed E-state index contributed by atoms with van der Waals surface area (Å²) in [6.07, 6.45) is -3.05. The predicted octanol–water partition coefficient (Wildman–Crippen LogP) is 6.77. The highest BCUT2D eigenvalue weighted by Gasteiger charge is 2.44. The van der Waals surface area contributed by atoms with E-state index in [2.05, 4.69) is 26.5 Å². The van der Waals surface area contributed by atoms with Crippen LogP contribution in [0, 0.1) is 5.92 Å². The molecule has 1 aliphatic heterocycles. The number of rotatable bonds is 6. The lowest BCUT2D eigenvalue weighted by Gasteiger charge is -2.39. The van der Waals surface area contributed by atoms with Crippen LogP contribution >= 0.6 is 12.6 Å². The third-order valence-corrected chi connectivity index (χ3v) is 6.08. The second-order valence-electron chi connectivity index (χ2n) is 8.24. The molecule has 1 aliphatic rings. The van der Waals surface area contributed by atoms with Gasteiger partial charge in [-0.05, 0) is 42.0 Å². The second kappa shape index (κ2) is 8.99. The lowest BCUT2D eigenvalue weighted by molar-refractivity contribution is -0.162. The van der Waals surface area contributed by atoms with Gasteiger partial charge in [-0.3, -0.25) is 0 Å². The number of alkyl halides is 3. The number of thiol groups is 1. The summed E-state index contributed by atoms with van der Waals surface area (Å²) in [5, 5.41) is 9.96. The zero-order valence-corrected chi connectivity index (χ0v) is 18.2. The summed E-state index contributed by atoms with van der Waals surface area (Å²) in [7, 11) is 0. The molecule has 3 nitrogen and oxygen atoms in total. The first-order valence-corrected chi connectivity index (χ1v) is 10.6. The van der Waals surface area contributed by atoms with E-state index < -0.39 is 28.6 Å². The Morgan fingerprint density at radius 2 is 1.71 bits per heavy atom. The first kappa shape index (κ1) is 23.3. The minimum atomic E-state index is -4.46. The number of esters is 1. The molecule has 2 aromatic carbocycles. The van der Waals surface area contributed by atoms with E-state index in [-0.39, 0.29) is 17.8 Å². The van der Waals surface area contributed by atoms with Crippen molar-refractivity contribution in [3.05, 3.63) is 82.6 Å². The summed E-state index contributed by atoms with van der Waals surface area (Å²) >= 11 is 4.42. The van der Waals surface area contributed by atoms with E-state index in [9.17, 15) is 23.1 Å². The smallest absolute Gasteiger partial charge is 0.416 e. The van der Waals surface area contributed by atoms with Crippen LogP contribution in [0.5, 0.6) is 0 Å². The highest BCUT2D eigenvalue weighted by Crippen LogP contribution is 2.45. The van der Waals surface area contributed by atoms with Crippen molar-refractivity contribution in [2.45, 2.75) is 50.1 Å². The summed E-state index contributed by atoms with van der Waals surface area (Å²) in [6, 6.07) is 13.7. The monoisotopic (exact) mass is 450 g/mol. The van der Waals surface area contributed by atoms with Crippen molar-refractivity contribution in [1.82, 2.24) is 0 Å². The standard InChI is InChI=1S/C24H25F3O3S/c1-15(2)12-13-23(17-6-4-3-5-7-17)14-19(28)20(22(29)30-23)21(31)16-8-10-18(11-9-16)24(25,26)27/h3-11,15,21,28,31H,12-14H2,1-2H3. The number of halogens is 3. The Hall–Kier alpha value is -2.41. The topological polar surface area (TPSA) is 46.5 Å². The van der Waals surface area contributed by atoms with Crippen LogP contribution in [0.2, 0.25) is 0 Å². The Labute approximate surface area is 185 Å². The number of hydrogen-bond acceptors (Lipinski definition) is 4. The molecule has 3 rings (SSSR count). The fourth-order valence-corrected chi connectivity index (χ4v) is 4.18. The second-order valence-corrected chi connectivity index (χ2v) is 8.76. The van der Waals surface area contributed by atoms with Crippen LogP contribution in [0.15, 0.2) is 65.9 Å². The third-order valence-electron chi connectivity index (χ3n) is 5.52. The molecule has 2 unspecified atom stereocenters. The molecule has 0 amide bonds. The maximum Gasteiger partial charge on any atom is 0.416 e. The van der Waals surface area contributed by atoms with E-state index in [0.29, 0.717) is 17.9 Å². The van der Waals surface area contributed by atoms with Gasteiger partial charge in [-0.1, -0.05) is 56.3 Å². The fourth-order valence-electron chi connectivity index (χ4n) is 3.75. The molecule has 2 aromatic rings. The number of carbonyl (C=O) groups excluding carboxylic acids is 1. The molecule has 7 heteroatoms. The highest BCUT2D eigenvalue weighted by atomic mass is 32.1. The zero-order chi connectivity index (χ0) is 22.8. The van der Waals surface area contributed by atoms with E-state index in [1.165, 1.54) is 12.1 Å². The Morgan fingerprint density at radius 1 is 1.10 bits per heavy atom. The van der Waals surface area contributed by atoms with Crippen molar-refractivity contribution in [1.29, 1.82) is 0 Å². The Morgan fingerprint density at radius 3 is 2.23 bits per heavy atom.